The van der Waals surface area contributed by atoms with Gasteiger partial charge in [-0.25, -0.2) is 0 Å². The SMILES string of the molecule is CN(CCn1cc(CNC2CC2)nn1)Cc1ccoc1. The molecule has 3 rings (SSSR count). The van der Waals surface area contributed by atoms with Crippen molar-refractivity contribution in [3.05, 3.63) is 36.0 Å². The summed E-state index contributed by atoms with van der Waals surface area (Å²) >= 11 is 0. The molecule has 0 spiro atoms. The number of nitrogens with zero attached hydrogens (tertiary/aromatic N) is 4. The summed E-state index contributed by atoms with van der Waals surface area (Å²) < 4.78 is 6.98. The molecule has 20 heavy (non-hydrogen) atoms. The third-order valence-electron chi connectivity index (χ3n) is 3.48. The van der Waals surface area contributed by atoms with Crippen LogP contribution in [0.3, 0.4) is 0 Å². The zero-order valence-electron chi connectivity index (χ0n) is 11.8. The summed E-state index contributed by atoms with van der Waals surface area (Å²) in [5.74, 6) is 0. The molecule has 0 radical (unpaired) electrons. The minimum atomic E-state index is 0.709. The molecule has 108 valence electrons. The molecule has 0 amide bonds. The Balaban J connectivity index is 1.40. The van der Waals surface area contributed by atoms with Crippen LogP contribution in [0.25, 0.3) is 0 Å². The van der Waals surface area contributed by atoms with Gasteiger partial charge < -0.3 is 14.6 Å². The summed E-state index contributed by atoms with van der Waals surface area (Å²) in [7, 11) is 2.10. The normalized spacial score (nSPS) is 15.1. The highest BCUT2D eigenvalue weighted by Crippen LogP contribution is 2.18. The van der Waals surface area contributed by atoms with E-state index in [0.29, 0.717) is 6.04 Å². The van der Waals surface area contributed by atoms with Gasteiger partial charge in [-0.2, -0.15) is 0 Å². The molecule has 1 N–H and O–H groups in total. The number of nitrogens with one attached hydrogen (secondary N) is 1. The van der Waals surface area contributed by atoms with Crippen molar-refractivity contribution in [1.82, 2.24) is 25.2 Å². The van der Waals surface area contributed by atoms with E-state index >= 15 is 0 Å². The molecule has 2 aromatic heterocycles. The van der Waals surface area contributed by atoms with Crippen molar-refractivity contribution in [2.75, 3.05) is 13.6 Å². The van der Waals surface area contributed by atoms with Gasteiger partial charge in [-0.3, -0.25) is 4.68 Å². The lowest BCUT2D eigenvalue weighted by atomic mass is 10.3. The minimum Gasteiger partial charge on any atom is -0.472 e. The van der Waals surface area contributed by atoms with Gasteiger partial charge in [0.05, 0.1) is 24.8 Å². The number of hydrogen-bond acceptors (Lipinski definition) is 5. The van der Waals surface area contributed by atoms with E-state index in [1.54, 1.807) is 12.5 Å². The van der Waals surface area contributed by atoms with E-state index < -0.39 is 0 Å². The molecule has 0 unspecified atom stereocenters. The predicted molar refractivity (Wildman–Crippen MR) is 74.9 cm³/mol. The Morgan fingerprint density at radius 1 is 1.50 bits per heavy atom. The van der Waals surface area contributed by atoms with Crippen LogP contribution in [0.2, 0.25) is 0 Å². The van der Waals surface area contributed by atoms with Crippen molar-refractivity contribution in [1.29, 1.82) is 0 Å². The van der Waals surface area contributed by atoms with Crippen LogP contribution < -0.4 is 5.32 Å². The maximum absolute atomic E-state index is 5.07. The second-order valence-corrected chi connectivity index (χ2v) is 5.50. The number of aromatic nitrogens is 3. The first-order chi connectivity index (χ1) is 9.79. The number of hydrogen-bond donors (Lipinski definition) is 1. The maximum Gasteiger partial charge on any atom is 0.0964 e. The van der Waals surface area contributed by atoms with Crippen LogP contribution in [-0.4, -0.2) is 39.5 Å². The van der Waals surface area contributed by atoms with Crippen molar-refractivity contribution in [3.63, 3.8) is 0 Å². The van der Waals surface area contributed by atoms with Crippen molar-refractivity contribution >= 4 is 0 Å². The maximum atomic E-state index is 5.07. The van der Waals surface area contributed by atoms with Crippen LogP contribution in [0.15, 0.2) is 29.2 Å². The van der Waals surface area contributed by atoms with E-state index in [2.05, 4.69) is 27.6 Å². The Kier molecular flexibility index (Phi) is 4.13. The van der Waals surface area contributed by atoms with Crippen molar-refractivity contribution in [3.8, 4) is 0 Å². The van der Waals surface area contributed by atoms with Gasteiger partial charge in [0.15, 0.2) is 0 Å². The van der Waals surface area contributed by atoms with Crippen molar-refractivity contribution in [2.45, 2.75) is 38.5 Å². The fourth-order valence-corrected chi connectivity index (χ4v) is 2.11. The van der Waals surface area contributed by atoms with Crippen molar-refractivity contribution < 1.29 is 4.42 Å². The van der Waals surface area contributed by atoms with Crippen LogP contribution in [-0.2, 0) is 19.6 Å². The van der Waals surface area contributed by atoms with Crippen LogP contribution in [0.4, 0.5) is 0 Å². The lowest BCUT2D eigenvalue weighted by Crippen LogP contribution is -2.22. The zero-order chi connectivity index (χ0) is 13.8. The molecule has 0 bridgehead atoms. The van der Waals surface area contributed by atoms with E-state index in [9.17, 15) is 0 Å². The van der Waals surface area contributed by atoms with Crippen LogP contribution >= 0.6 is 0 Å². The Morgan fingerprint density at radius 3 is 3.15 bits per heavy atom. The van der Waals surface area contributed by atoms with Gasteiger partial charge in [0.1, 0.15) is 0 Å². The second-order valence-electron chi connectivity index (χ2n) is 5.50. The summed E-state index contributed by atoms with van der Waals surface area (Å²) in [5.41, 5.74) is 2.22. The second kappa shape index (κ2) is 6.19. The molecule has 6 nitrogen and oxygen atoms in total. The highest BCUT2D eigenvalue weighted by Gasteiger charge is 2.20. The monoisotopic (exact) mass is 275 g/mol. The van der Waals surface area contributed by atoms with Crippen molar-refractivity contribution in [2.24, 2.45) is 0 Å². The molecular weight excluding hydrogens is 254 g/mol. The Bertz CT molecular complexity index is 517. The van der Waals surface area contributed by atoms with Gasteiger partial charge in [-0.1, -0.05) is 5.21 Å². The van der Waals surface area contributed by atoms with Crippen LogP contribution in [0.1, 0.15) is 24.1 Å². The Morgan fingerprint density at radius 2 is 2.40 bits per heavy atom. The average molecular weight is 275 g/mol. The molecule has 0 aliphatic heterocycles. The average Bonchev–Trinajstić information content (AvgIpc) is 2.94. The molecule has 2 heterocycles. The molecule has 0 saturated heterocycles. The number of rotatable bonds is 8. The quantitative estimate of drug-likeness (QED) is 0.786. The van der Waals surface area contributed by atoms with Gasteiger partial charge in [0.25, 0.3) is 0 Å². The zero-order valence-corrected chi connectivity index (χ0v) is 11.8. The lowest BCUT2D eigenvalue weighted by Gasteiger charge is -2.14. The fraction of sp³-hybridized carbons (Fsp3) is 0.571. The third-order valence-corrected chi connectivity index (χ3v) is 3.48. The minimum absolute atomic E-state index is 0.709. The van der Waals surface area contributed by atoms with Crippen LogP contribution in [0, 0.1) is 0 Å². The first-order valence-electron chi connectivity index (χ1n) is 7.11. The number of likely N-dealkylation sites (N-methyl/N-ethyl adjacent to an activating group) is 1. The predicted octanol–water partition coefficient (Wildman–Crippen LogP) is 1.26. The summed E-state index contributed by atoms with van der Waals surface area (Å²) in [5, 5.41) is 11.8. The first-order valence-corrected chi connectivity index (χ1v) is 7.11. The van der Waals surface area contributed by atoms with E-state index in [4.69, 9.17) is 4.42 Å². The first kappa shape index (κ1) is 13.3. The fourth-order valence-electron chi connectivity index (χ4n) is 2.11. The standard InChI is InChI=1S/C14H21N5O/c1-18(9-12-4-7-20-11-12)5-6-19-10-14(16-17-19)8-15-13-2-3-13/h4,7,10-11,13,15H,2-3,5-6,8-9H2,1H3. The summed E-state index contributed by atoms with van der Waals surface area (Å²) in [6.45, 7) is 3.51. The Hall–Kier alpha value is -1.66. The molecular formula is C14H21N5O. The highest BCUT2D eigenvalue weighted by atomic mass is 16.3. The molecule has 1 aliphatic carbocycles. The molecule has 1 aliphatic rings. The largest absolute Gasteiger partial charge is 0.472 e. The third kappa shape index (κ3) is 3.91. The van der Waals surface area contributed by atoms with Gasteiger partial charge in [0, 0.05) is 37.4 Å². The van der Waals surface area contributed by atoms with Gasteiger partial charge in [-0.15, -0.1) is 5.10 Å². The lowest BCUT2D eigenvalue weighted by molar-refractivity contribution is 0.303. The van der Waals surface area contributed by atoms with E-state index in [1.165, 1.54) is 18.4 Å². The van der Waals surface area contributed by atoms with Crippen LogP contribution in [0.5, 0.6) is 0 Å². The molecule has 1 fully saturated rings. The highest BCUT2D eigenvalue weighted by molar-refractivity contribution is 5.04. The van der Waals surface area contributed by atoms with E-state index in [0.717, 1.165) is 31.9 Å². The van der Waals surface area contributed by atoms with Gasteiger partial charge in [-0.05, 0) is 26.0 Å². The van der Waals surface area contributed by atoms with Gasteiger partial charge >= 0.3 is 0 Å². The van der Waals surface area contributed by atoms with E-state index in [1.807, 2.05) is 16.9 Å². The Labute approximate surface area is 118 Å². The molecule has 2 aromatic rings. The molecule has 0 aromatic carbocycles. The van der Waals surface area contributed by atoms with Gasteiger partial charge in [0.2, 0.25) is 0 Å². The molecule has 6 heteroatoms. The molecule has 1 saturated carbocycles. The molecule has 0 atom stereocenters. The summed E-state index contributed by atoms with van der Waals surface area (Å²) in [6.07, 6.45) is 8.12. The summed E-state index contributed by atoms with van der Waals surface area (Å²) in [4.78, 5) is 2.24. The summed E-state index contributed by atoms with van der Waals surface area (Å²) in [6, 6.07) is 2.70. The van der Waals surface area contributed by atoms with E-state index in [-0.39, 0.29) is 0 Å². The number of furan rings is 1. The topological polar surface area (TPSA) is 59.1 Å². The smallest absolute Gasteiger partial charge is 0.0964 e.